The molecule has 3 rings (SSSR count). The summed E-state index contributed by atoms with van der Waals surface area (Å²) >= 11 is 6.37. The zero-order chi connectivity index (χ0) is 25.0. The molecule has 2 heterocycles. The van der Waals surface area contributed by atoms with Crippen molar-refractivity contribution in [3.63, 3.8) is 0 Å². The Hall–Kier alpha value is -3.33. The van der Waals surface area contributed by atoms with E-state index in [0.29, 0.717) is 47.8 Å². The highest BCUT2D eigenvalue weighted by atomic mass is 35.5. The number of alkyl halides is 1. The van der Waals surface area contributed by atoms with Gasteiger partial charge in [-0.1, -0.05) is 30.7 Å². The average Bonchev–Trinajstić information content (AvgIpc) is 3.43. The minimum atomic E-state index is -1.26. The summed E-state index contributed by atoms with van der Waals surface area (Å²) in [5, 5.41) is 18.2. The van der Waals surface area contributed by atoms with E-state index in [9.17, 15) is 9.18 Å². The fourth-order valence-electron chi connectivity index (χ4n) is 3.68. The standard InChI is InChI=1S/C24H28ClFN6O2/c1-14(24(26)12-15(24)2)5-6-20(29-4)31-23(33)32-9-7-17(8-10-32)21-19(25)11-18(13-30-21)22(28)34-16(3)27/h5-7,11,13,15,27-28H,4,8-10,12H2,1-3H3,(H,31,33)/b14-5+,20-6+,27-16?,28-22?. The third-order valence-electron chi connectivity index (χ3n) is 5.94. The SMILES string of the molecule is C=N/C(=C\C=C(/C)C1(F)CC1C)NC(=O)N1CC=C(c2ncc(C(=N)OC(C)=N)cc2Cl)CC1. The van der Waals surface area contributed by atoms with Crippen molar-refractivity contribution in [2.45, 2.75) is 39.3 Å². The Bertz CT molecular complexity index is 1130. The highest BCUT2D eigenvalue weighted by Crippen LogP contribution is 2.52. The number of hydrogen-bond acceptors (Lipinski definition) is 6. The maximum absolute atomic E-state index is 14.4. The molecule has 2 aliphatic rings. The van der Waals surface area contributed by atoms with E-state index in [1.807, 2.05) is 13.0 Å². The summed E-state index contributed by atoms with van der Waals surface area (Å²) in [5.41, 5.74) is 1.17. The van der Waals surface area contributed by atoms with Crippen molar-refractivity contribution in [2.75, 3.05) is 13.1 Å². The van der Waals surface area contributed by atoms with Crippen LogP contribution in [0.2, 0.25) is 5.02 Å². The van der Waals surface area contributed by atoms with Crippen LogP contribution in [0.3, 0.4) is 0 Å². The number of halogens is 2. The van der Waals surface area contributed by atoms with Crippen molar-refractivity contribution < 1.29 is 13.9 Å². The number of allylic oxidation sites excluding steroid dienone is 3. The maximum Gasteiger partial charge on any atom is 0.323 e. The number of carbonyl (C=O) groups excluding carboxylic acids is 1. The Morgan fingerprint density at radius 1 is 1.44 bits per heavy atom. The first-order valence-electron chi connectivity index (χ1n) is 10.8. The minimum Gasteiger partial charge on any atom is -0.425 e. The third kappa shape index (κ3) is 5.77. The molecule has 1 aliphatic carbocycles. The van der Waals surface area contributed by atoms with Gasteiger partial charge in [-0.25, -0.2) is 14.2 Å². The second kappa shape index (κ2) is 10.3. The van der Waals surface area contributed by atoms with Crippen LogP contribution in [0.15, 0.2) is 46.9 Å². The van der Waals surface area contributed by atoms with Crippen LogP contribution in [0, 0.1) is 16.7 Å². The van der Waals surface area contributed by atoms with E-state index < -0.39 is 5.67 Å². The lowest BCUT2D eigenvalue weighted by Crippen LogP contribution is -2.41. The maximum atomic E-state index is 14.4. The molecule has 180 valence electrons. The van der Waals surface area contributed by atoms with E-state index in [0.717, 1.165) is 5.57 Å². The molecule has 0 radical (unpaired) electrons. The van der Waals surface area contributed by atoms with Gasteiger partial charge >= 0.3 is 6.03 Å². The summed E-state index contributed by atoms with van der Waals surface area (Å²) in [6.07, 6.45) is 7.58. The first-order chi connectivity index (χ1) is 16.0. The average molecular weight is 487 g/mol. The Labute approximate surface area is 203 Å². The van der Waals surface area contributed by atoms with Gasteiger partial charge in [0.25, 0.3) is 0 Å². The van der Waals surface area contributed by atoms with E-state index in [1.54, 1.807) is 30.0 Å². The molecule has 1 aromatic rings. The van der Waals surface area contributed by atoms with E-state index in [1.165, 1.54) is 13.1 Å². The Kier molecular flexibility index (Phi) is 7.66. The van der Waals surface area contributed by atoms with E-state index in [4.69, 9.17) is 27.2 Å². The summed E-state index contributed by atoms with van der Waals surface area (Å²) in [4.78, 5) is 22.5. The molecule has 1 aliphatic heterocycles. The Morgan fingerprint density at radius 3 is 2.68 bits per heavy atom. The molecule has 1 saturated carbocycles. The Balaban J connectivity index is 1.63. The number of carbonyl (C=O) groups is 1. The molecule has 8 nitrogen and oxygen atoms in total. The summed E-state index contributed by atoms with van der Waals surface area (Å²) in [7, 11) is 0. The van der Waals surface area contributed by atoms with Gasteiger partial charge in [0.05, 0.1) is 16.3 Å². The fraction of sp³-hybridized carbons (Fsp3) is 0.375. The van der Waals surface area contributed by atoms with Gasteiger partial charge in [-0.05, 0) is 55.7 Å². The number of urea groups is 1. The first-order valence-corrected chi connectivity index (χ1v) is 11.2. The number of amides is 2. The first kappa shape index (κ1) is 25.3. The molecular weight excluding hydrogens is 459 g/mol. The predicted molar refractivity (Wildman–Crippen MR) is 132 cm³/mol. The number of nitrogens with zero attached hydrogens (tertiary/aromatic N) is 3. The molecule has 10 heteroatoms. The third-order valence-corrected chi connectivity index (χ3v) is 6.22. The number of pyridine rings is 1. The molecule has 34 heavy (non-hydrogen) atoms. The molecule has 2 unspecified atom stereocenters. The quantitative estimate of drug-likeness (QED) is 0.295. The molecule has 1 fully saturated rings. The lowest BCUT2D eigenvalue weighted by Gasteiger charge is -2.26. The molecule has 2 atom stereocenters. The minimum absolute atomic E-state index is 0.00633. The lowest BCUT2D eigenvalue weighted by molar-refractivity contribution is 0.206. The van der Waals surface area contributed by atoms with Gasteiger partial charge in [0.2, 0.25) is 5.90 Å². The van der Waals surface area contributed by atoms with Crippen molar-refractivity contribution in [1.29, 1.82) is 10.8 Å². The van der Waals surface area contributed by atoms with Crippen LogP contribution in [0.1, 0.15) is 44.9 Å². The summed E-state index contributed by atoms with van der Waals surface area (Å²) < 4.78 is 19.4. The fourth-order valence-corrected chi connectivity index (χ4v) is 3.97. The number of ether oxygens (including phenoxy) is 1. The number of aromatic nitrogens is 1. The summed E-state index contributed by atoms with van der Waals surface area (Å²) in [6, 6.07) is 1.23. The second-order valence-corrected chi connectivity index (χ2v) is 8.83. The van der Waals surface area contributed by atoms with Crippen LogP contribution in [0.25, 0.3) is 5.57 Å². The smallest absolute Gasteiger partial charge is 0.323 e. The van der Waals surface area contributed by atoms with Crippen molar-refractivity contribution in [3.05, 3.63) is 58.2 Å². The summed E-state index contributed by atoms with van der Waals surface area (Å²) in [5.74, 6) is -0.0433. The van der Waals surface area contributed by atoms with Gasteiger partial charge in [-0.15, -0.1) is 0 Å². The molecule has 2 amide bonds. The Morgan fingerprint density at radius 2 is 2.15 bits per heavy atom. The van der Waals surface area contributed by atoms with Gasteiger partial charge in [-0.2, -0.15) is 0 Å². The van der Waals surface area contributed by atoms with Crippen LogP contribution in [0.5, 0.6) is 0 Å². The van der Waals surface area contributed by atoms with Crippen LogP contribution in [-0.2, 0) is 4.74 Å². The molecular formula is C24H28ClFN6O2. The normalized spacial score (nSPS) is 22.6. The largest absolute Gasteiger partial charge is 0.425 e. The van der Waals surface area contributed by atoms with Gasteiger partial charge in [0, 0.05) is 26.2 Å². The molecule has 0 saturated heterocycles. The van der Waals surface area contributed by atoms with Crippen molar-refractivity contribution >= 4 is 41.7 Å². The van der Waals surface area contributed by atoms with E-state index in [2.05, 4.69) is 22.0 Å². The van der Waals surface area contributed by atoms with E-state index >= 15 is 0 Å². The second-order valence-electron chi connectivity index (χ2n) is 8.42. The van der Waals surface area contributed by atoms with Crippen LogP contribution in [-0.4, -0.2) is 53.2 Å². The van der Waals surface area contributed by atoms with Crippen LogP contribution >= 0.6 is 11.6 Å². The number of rotatable bonds is 6. The van der Waals surface area contributed by atoms with Crippen molar-refractivity contribution in [3.8, 4) is 0 Å². The van der Waals surface area contributed by atoms with Crippen molar-refractivity contribution in [1.82, 2.24) is 15.2 Å². The lowest BCUT2D eigenvalue weighted by atomic mass is 10.0. The molecule has 0 aromatic carbocycles. The zero-order valence-corrected chi connectivity index (χ0v) is 20.2. The molecule has 0 bridgehead atoms. The molecule has 0 spiro atoms. The topological polar surface area (TPSA) is 115 Å². The van der Waals surface area contributed by atoms with Crippen LogP contribution < -0.4 is 5.32 Å². The van der Waals surface area contributed by atoms with E-state index in [-0.39, 0.29) is 29.6 Å². The number of aliphatic imine (C=N–C) groups is 1. The van der Waals surface area contributed by atoms with Crippen molar-refractivity contribution in [2.24, 2.45) is 10.9 Å². The predicted octanol–water partition coefficient (Wildman–Crippen LogP) is 5.11. The van der Waals surface area contributed by atoms with Gasteiger partial charge in [0.15, 0.2) is 5.90 Å². The number of hydrogen-bond donors (Lipinski definition) is 3. The highest BCUT2D eigenvalue weighted by molar-refractivity contribution is 6.32. The molecule has 3 N–H and O–H groups in total. The van der Waals surface area contributed by atoms with Crippen LogP contribution in [0.4, 0.5) is 9.18 Å². The monoisotopic (exact) mass is 486 g/mol. The van der Waals surface area contributed by atoms with Gasteiger partial charge in [0.1, 0.15) is 11.5 Å². The molecule has 1 aromatic heterocycles. The van der Waals surface area contributed by atoms with Gasteiger partial charge < -0.3 is 9.64 Å². The van der Waals surface area contributed by atoms with Gasteiger partial charge in [-0.3, -0.25) is 21.1 Å². The highest BCUT2D eigenvalue weighted by Gasteiger charge is 2.53. The summed E-state index contributed by atoms with van der Waals surface area (Å²) in [6.45, 7) is 9.29. The zero-order valence-electron chi connectivity index (χ0n) is 19.4. The number of nitrogens with one attached hydrogen (secondary N) is 3.